The van der Waals surface area contributed by atoms with Gasteiger partial charge in [-0.15, -0.1) is 0 Å². The summed E-state index contributed by atoms with van der Waals surface area (Å²) >= 11 is 0. The lowest BCUT2D eigenvalue weighted by Gasteiger charge is -2.21. The topological polar surface area (TPSA) is 38.9 Å². The summed E-state index contributed by atoms with van der Waals surface area (Å²) in [5.41, 5.74) is 19.6. The van der Waals surface area contributed by atoms with Crippen molar-refractivity contribution in [2.45, 2.75) is 38.5 Å². The molecule has 2 aliphatic carbocycles. The molecule has 0 amide bonds. The van der Waals surface area contributed by atoms with Crippen molar-refractivity contribution < 1.29 is 4.42 Å². The number of aromatic nitrogens is 2. The Morgan fingerprint density at radius 3 is 1.42 bits per heavy atom. The summed E-state index contributed by atoms with van der Waals surface area (Å²) in [4.78, 5) is 11.1. The van der Waals surface area contributed by atoms with E-state index in [-0.39, 0.29) is 10.8 Å². The minimum atomic E-state index is -0.168. The van der Waals surface area contributed by atoms with E-state index in [9.17, 15) is 0 Å². The highest BCUT2D eigenvalue weighted by atomic mass is 16.3. The zero-order chi connectivity index (χ0) is 44.8. The summed E-state index contributed by atoms with van der Waals surface area (Å²) in [6.07, 6.45) is 0. The van der Waals surface area contributed by atoms with E-state index < -0.39 is 0 Å². The summed E-state index contributed by atoms with van der Waals surface area (Å²) in [6.45, 7) is 9.31. The van der Waals surface area contributed by atoms with E-state index in [1.165, 1.54) is 88.0 Å². The molecule has 2 heterocycles. The van der Waals surface area contributed by atoms with Crippen LogP contribution in [0.4, 0.5) is 0 Å². The first kappa shape index (κ1) is 38.2. The average Bonchev–Trinajstić information content (AvgIpc) is 3.95. The first-order valence-electron chi connectivity index (χ1n) is 23.4. The Labute approximate surface area is 389 Å². The number of rotatable bonds is 4. The van der Waals surface area contributed by atoms with Gasteiger partial charge in [0.2, 0.25) is 0 Å². The molecule has 0 fully saturated rings. The molecular formula is C64H44N2O. The van der Waals surface area contributed by atoms with Gasteiger partial charge in [-0.3, -0.25) is 0 Å². The molecule has 0 N–H and O–H groups in total. The van der Waals surface area contributed by atoms with E-state index in [2.05, 4.69) is 222 Å². The summed E-state index contributed by atoms with van der Waals surface area (Å²) in [5.74, 6) is 0.700. The second-order valence-electron chi connectivity index (χ2n) is 19.6. The Morgan fingerprint density at radius 1 is 0.343 bits per heavy atom. The molecule has 12 aromatic rings. The van der Waals surface area contributed by atoms with Gasteiger partial charge in [0.15, 0.2) is 11.4 Å². The van der Waals surface area contributed by atoms with Crippen molar-refractivity contribution in [1.82, 2.24) is 9.97 Å². The molecule has 2 aromatic heterocycles. The Bertz CT molecular complexity index is 4080. The number of hydrogen-bond acceptors (Lipinski definition) is 3. The lowest BCUT2D eigenvalue weighted by Crippen LogP contribution is -2.14. The van der Waals surface area contributed by atoms with Crippen molar-refractivity contribution in [2.24, 2.45) is 0 Å². The van der Waals surface area contributed by atoms with Crippen molar-refractivity contribution in [3.05, 3.63) is 216 Å². The van der Waals surface area contributed by atoms with Crippen LogP contribution in [0, 0.1) is 0 Å². The maximum absolute atomic E-state index is 7.09. The van der Waals surface area contributed by atoms with E-state index in [4.69, 9.17) is 14.4 Å². The number of benzene rings is 10. The predicted molar refractivity (Wildman–Crippen MR) is 279 cm³/mol. The van der Waals surface area contributed by atoms with E-state index >= 15 is 0 Å². The fourth-order valence-electron chi connectivity index (χ4n) is 12.0. The van der Waals surface area contributed by atoms with Gasteiger partial charge in [-0.25, -0.2) is 9.97 Å². The fourth-order valence-corrected chi connectivity index (χ4v) is 12.0. The van der Waals surface area contributed by atoms with Crippen molar-refractivity contribution in [3.63, 3.8) is 0 Å². The lowest BCUT2D eigenvalue weighted by atomic mass is 9.82. The molecule has 0 saturated heterocycles. The maximum atomic E-state index is 7.09. The fraction of sp³-hybridized carbons (Fsp3) is 0.0938. The third-order valence-corrected chi connectivity index (χ3v) is 15.3. The number of furan rings is 1. The summed E-state index contributed by atoms with van der Waals surface area (Å²) in [7, 11) is 0. The Balaban J connectivity index is 0.962. The van der Waals surface area contributed by atoms with Crippen LogP contribution in [-0.4, -0.2) is 9.97 Å². The van der Waals surface area contributed by atoms with Crippen LogP contribution in [0.3, 0.4) is 0 Å². The molecule has 14 rings (SSSR count). The average molecular weight is 857 g/mol. The van der Waals surface area contributed by atoms with Crippen molar-refractivity contribution >= 4 is 54.4 Å². The minimum Gasteiger partial charge on any atom is -0.452 e. The van der Waals surface area contributed by atoms with Gasteiger partial charge in [0.25, 0.3) is 0 Å². The molecule has 0 bridgehead atoms. The molecule has 3 heteroatoms. The van der Waals surface area contributed by atoms with Gasteiger partial charge >= 0.3 is 0 Å². The lowest BCUT2D eigenvalue weighted by molar-refractivity contribution is 0.660. The highest BCUT2D eigenvalue weighted by Crippen LogP contribution is 2.55. The Kier molecular flexibility index (Phi) is 7.80. The number of fused-ring (bicyclic) bond motifs is 15. The van der Waals surface area contributed by atoms with Crippen LogP contribution < -0.4 is 0 Å². The van der Waals surface area contributed by atoms with Crippen LogP contribution in [-0.2, 0) is 10.8 Å². The summed E-state index contributed by atoms with van der Waals surface area (Å²) in [6, 6.07) is 70.9. The first-order chi connectivity index (χ1) is 32.7. The minimum absolute atomic E-state index is 0.155. The molecule has 316 valence electrons. The molecule has 3 nitrogen and oxygen atoms in total. The van der Waals surface area contributed by atoms with Crippen LogP contribution >= 0.6 is 0 Å². The molecule has 2 aliphatic rings. The summed E-state index contributed by atoms with van der Waals surface area (Å²) < 4.78 is 7.09. The van der Waals surface area contributed by atoms with Gasteiger partial charge in [-0.1, -0.05) is 198 Å². The van der Waals surface area contributed by atoms with Crippen LogP contribution in [0.15, 0.2) is 199 Å². The van der Waals surface area contributed by atoms with Crippen LogP contribution in [0.1, 0.15) is 49.9 Å². The van der Waals surface area contributed by atoms with Crippen molar-refractivity contribution in [3.8, 4) is 67.2 Å². The molecule has 0 radical (unpaired) electrons. The summed E-state index contributed by atoms with van der Waals surface area (Å²) in [5, 5.41) is 8.63. The van der Waals surface area contributed by atoms with Crippen LogP contribution in [0.2, 0.25) is 0 Å². The van der Waals surface area contributed by atoms with E-state index in [1.54, 1.807) is 0 Å². The first-order valence-corrected chi connectivity index (χ1v) is 23.4. The second-order valence-corrected chi connectivity index (χ2v) is 19.6. The van der Waals surface area contributed by atoms with Crippen LogP contribution in [0.25, 0.3) is 122 Å². The predicted octanol–water partition coefficient (Wildman–Crippen LogP) is 17.1. The number of hydrogen-bond donors (Lipinski definition) is 0. The highest BCUT2D eigenvalue weighted by molar-refractivity contribution is 6.25. The van der Waals surface area contributed by atoms with E-state index in [0.717, 1.165) is 44.4 Å². The van der Waals surface area contributed by atoms with E-state index in [1.807, 2.05) is 0 Å². The molecule has 0 spiro atoms. The highest BCUT2D eigenvalue weighted by Gasteiger charge is 2.39. The van der Waals surface area contributed by atoms with E-state index in [0.29, 0.717) is 11.4 Å². The van der Waals surface area contributed by atoms with Crippen molar-refractivity contribution in [1.29, 1.82) is 0 Å². The SMILES string of the molecule is CC1(C)c2ccccc2-c2c(-c3nc(-c4cccc5c4-c4ccccc4C5(C)C)c4oc5cc(-c6cccc(-c7ccc8c9ccccc9c9ccccc9c8c7)c6)ccc5c4n3)cccc21. The zero-order valence-electron chi connectivity index (χ0n) is 37.8. The molecule has 0 saturated carbocycles. The monoisotopic (exact) mass is 856 g/mol. The number of nitrogens with zero attached hydrogens (tertiary/aromatic N) is 2. The maximum Gasteiger partial charge on any atom is 0.180 e. The quantitative estimate of drug-likeness (QED) is 0.166. The van der Waals surface area contributed by atoms with Gasteiger partial charge in [-0.05, 0) is 123 Å². The largest absolute Gasteiger partial charge is 0.452 e. The van der Waals surface area contributed by atoms with Gasteiger partial charge in [0, 0.05) is 27.3 Å². The molecule has 0 unspecified atom stereocenters. The molecule has 0 atom stereocenters. The normalized spacial score (nSPS) is 14.2. The van der Waals surface area contributed by atoms with Gasteiger partial charge < -0.3 is 4.42 Å². The molecule has 67 heavy (non-hydrogen) atoms. The third-order valence-electron chi connectivity index (χ3n) is 15.3. The van der Waals surface area contributed by atoms with Gasteiger partial charge in [-0.2, -0.15) is 0 Å². The van der Waals surface area contributed by atoms with Crippen LogP contribution in [0.5, 0.6) is 0 Å². The molecule has 10 aromatic carbocycles. The second kappa shape index (κ2) is 13.7. The molecule has 0 aliphatic heterocycles. The molecular weight excluding hydrogens is 813 g/mol. The Morgan fingerprint density at radius 2 is 0.791 bits per heavy atom. The van der Waals surface area contributed by atoms with Crippen molar-refractivity contribution in [2.75, 3.05) is 0 Å². The van der Waals surface area contributed by atoms with Gasteiger partial charge in [0.05, 0.1) is 0 Å². The Hall–Kier alpha value is -8.14. The zero-order valence-corrected chi connectivity index (χ0v) is 37.8. The smallest absolute Gasteiger partial charge is 0.180 e. The standard InChI is InChI=1S/C64H44N2O/c1-63(2)52-26-11-9-22-46(52)57-49(24-14-28-54(57)63)60-61-59(65-62(66-60)50-25-15-29-55-58(50)47-23-10-12-27-53(47)64(55,3)4)48-33-31-40(36-56(48)67-61)38-17-13-16-37(34-38)39-30-32-45-43-20-6-5-18-41(43)42-19-7-8-21-44(42)51(45)35-39/h5-36H,1-4H3. The van der Waals surface area contributed by atoms with Gasteiger partial charge in [0.1, 0.15) is 16.8 Å². The third kappa shape index (κ3) is 5.34.